The quantitative estimate of drug-likeness (QED) is 0.816. The van der Waals surface area contributed by atoms with E-state index >= 15 is 0 Å². The third-order valence-corrected chi connectivity index (χ3v) is 6.56. The van der Waals surface area contributed by atoms with Gasteiger partial charge >= 0.3 is 0 Å². The summed E-state index contributed by atoms with van der Waals surface area (Å²) in [4.78, 5) is 19.4. The number of carbonyl (C=O) groups is 1. The molecule has 1 amide bonds. The summed E-state index contributed by atoms with van der Waals surface area (Å²) >= 11 is 6.05. The van der Waals surface area contributed by atoms with E-state index in [1.807, 2.05) is 13.0 Å². The minimum atomic E-state index is -3.05. The van der Waals surface area contributed by atoms with Gasteiger partial charge in [-0.2, -0.15) is 0 Å². The molecule has 0 spiro atoms. The van der Waals surface area contributed by atoms with Crippen LogP contribution in [-0.2, 0) is 9.84 Å². The van der Waals surface area contributed by atoms with Gasteiger partial charge in [-0.1, -0.05) is 18.5 Å². The highest BCUT2D eigenvalue weighted by Crippen LogP contribution is 2.24. The molecule has 1 fully saturated rings. The van der Waals surface area contributed by atoms with Crippen LogP contribution in [0.5, 0.6) is 0 Å². The number of carbonyl (C=O) groups excluding carboxylic acids is 1. The van der Waals surface area contributed by atoms with E-state index in [-0.39, 0.29) is 23.5 Å². The van der Waals surface area contributed by atoms with Gasteiger partial charge in [0.25, 0.3) is 5.91 Å². The highest BCUT2D eigenvalue weighted by molar-refractivity contribution is 7.91. The first kappa shape index (κ1) is 18.1. The van der Waals surface area contributed by atoms with Gasteiger partial charge in [0.2, 0.25) is 0 Å². The Kier molecular flexibility index (Phi) is 5.02. The summed E-state index contributed by atoms with van der Waals surface area (Å²) in [6.45, 7) is 4.32. The molecule has 2 aromatic rings. The zero-order valence-corrected chi connectivity index (χ0v) is 15.9. The fourth-order valence-electron chi connectivity index (χ4n) is 3.33. The van der Waals surface area contributed by atoms with Gasteiger partial charge in [-0.15, -0.1) is 0 Å². The predicted octanol–water partition coefficient (Wildman–Crippen LogP) is 3.24. The van der Waals surface area contributed by atoms with E-state index in [2.05, 4.69) is 4.98 Å². The van der Waals surface area contributed by atoms with E-state index in [1.54, 1.807) is 30.0 Å². The summed E-state index contributed by atoms with van der Waals surface area (Å²) in [6, 6.07) is 6.92. The number of nitrogens with zero attached hydrogens (tertiary/aromatic N) is 2. The molecule has 1 aliphatic rings. The number of amides is 1. The number of aryl methyl sites for hydroxylation is 1. The number of hydrogen-bond acceptors (Lipinski definition) is 4. The summed E-state index contributed by atoms with van der Waals surface area (Å²) < 4.78 is 23.6. The number of hydrogen-bond donors (Lipinski definition) is 0. The molecule has 3 rings (SSSR count). The summed E-state index contributed by atoms with van der Waals surface area (Å²) in [5, 5.41) is 1.39. The molecule has 1 aliphatic heterocycles. The average Bonchev–Trinajstić information content (AvgIpc) is 2.91. The Morgan fingerprint density at radius 3 is 2.76 bits per heavy atom. The van der Waals surface area contributed by atoms with Gasteiger partial charge in [0, 0.05) is 23.0 Å². The van der Waals surface area contributed by atoms with Crippen molar-refractivity contribution in [2.75, 3.05) is 18.1 Å². The summed E-state index contributed by atoms with van der Waals surface area (Å²) in [5.41, 5.74) is 1.93. The lowest BCUT2D eigenvalue weighted by atomic mass is 10.1. The maximum absolute atomic E-state index is 13.1. The Morgan fingerprint density at radius 2 is 2.12 bits per heavy atom. The second-order valence-corrected chi connectivity index (χ2v) is 9.18. The fourth-order valence-corrected chi connectivity index (χ4v) is 5.24. The first-order valence-corrected chi connectivity index (χ1v) is 10.6. The second-order valence-electron chi connectivity index (χ2n) is 6.51. The van der Waals surface area contributed by atoms with Gasteiger partial charge in [-0.3, -0.25) is 9.78 Å². The molecule has 134 valence electrons. The third kappa shape index (κ3) is 3.80. The average molecular weight is 381 g/mol. The van der Waals surface area contributed by atoms with E-state index in [9.17, 15) is 13.2 Å². The molecule has 7 heteroatoms. The van der Waals surface area contributed by atoms with E-state index in [0.717, 1.165) is 17.3 Å². The molecule has 0 aliphatic carbocycles. The highest BCUT2D eigenvalue weighted by atomic mass is 35.5. The van der Waals surface area contributed by atoms with Crippen molar-refractivity contribution in [3.63, 3.8) is 0 Å². The number of benzene rings is 1. The largest absolute Gasteiger partial charge is 0.335 e. The van der Waals surface area contributed by atoms with Crippen LogP contribution in [0.3, 0.4) is 0 Å². The molecule has 0 saturated carbocycles. The van der Waals surface area contributed by atoms with Gasteiger partial charge < -0.3 is 4.90 Å². The molecule has 1 unspecified atom stereocenters. The standard InChI is InChI=1S/C18H21ClN2O3S/c1-3-7-21(15-6-8-25(23,24)11-15)18(22)16-10-13-9-14(19)4-5-17(13)20-12(16)2/h4-5,9-10,15H,3,6-8,11H2,1-2H3. The van der Waals surface area contributed by atoms with Crippen LogP contribution in [0, 0.1) is 6.92 Å². The molecule has 2 heterocycles. The van der Waals surface area contributed by atoms with Crippen molar-refractivity contribution in [1.82, 2.24) is 9.88 Å². The Labute approximate surface area is 152 Å². The van der Waals surface area contributed by atoms with Crippen molar-refractivity contribution >= 4 is 38.2 Å². The predicted molar refractivity (Wildman–Crippen MR) is 99.9 cm³/mol. The molecular weight excluding hydrogens is 360 g/mol. The molecule has 0 N–H and O–H groups in total. The number of rotatable bonds is 4. The van der Waals surface area contributed by atoms with Crippen molar-refractivity contribution in [3.05, 3.63) is 40.5 Å². The molecule has 1 saturated heterocycles. The van der Waals surface area contributed by atoms with Crippen LogP contribution in [0.25, 0.3) is 10.9 Å². The summed E-state index contributed by atoms with van der Waals surface area (Å²) in [7, 11) is -3.05. The van der Waals surface area contributed by atoms with Crippen LogP contribution in [-0.4, -0.2) is 48.3 Å². The molecule has 0 radical (unpaired) electrons. The molecule has 25 heavy (non-hydrogen) atoms. The van der Waals surface area contributed by atoms with E-state index in [1.165, 1.54) is 0 Å². The van der Waals surface area contributed by atoms with Crippen molar-refractivity contribution < 1.29 is 13.2 Å². The molecule has 1 aromatic carbocycles. The third-order valence-electron chi connectivity index (χ3n) is 4.57. The minimum absolute atomic E-state index is 0.0463. The van der Waals surface area contributed by atoms with E-state index < -0.39 is 9.84 Å². The van der Waals surface area contributed by atoms with Crippen molar-refractivity contribution in [2.24, 2.45) is 0 Å². The molecule has 0 bridgehead atoms. The van der Waals surface area contributed by atoms with Crippen molar-refractivity contribution in [1.29, 1.82) is 0 Å². The van der Waals surface area contributed by atoms with Crippen LogP contribution >= 0.6 is 11.6 Å². The van der Waals surface area contributed by atoms with Gasteiger partial charge in [-0.05, 0) is 44.0 Å². The van der Waals surface area contributed by atoms with E-state index in [4.69, 9.17) is 11.6 Å². The zero-order valence-electron chi connectivity index (χ0n) is 14.3. The lowest BCUT2D eigenvalue weighted by Crippen LogP contribution is -2.42. The first-order valence-electron chi connectivity index (χ1n) is 8.39. The maximum atomic E-state index is 13.1. The van der Waals surface area contributed by atoms with Crippen molar-refractivity contribution in [3.8, 4) is 0 Å². The number of aromatic nitrogens is 1. The monoisotopic (exact) mass is 380 g/mol. The minimum Gasteiger partial charge on any atom is -0.335 e. The Bertz CT molecular complexity index is 927. The molecule has 5 nitrogen and oxygen atoms in total. The molecular formula is C18H21ClN2O3S. The molecule has 1 aromatic heterocycles. The van der Waals surface area contributed by atoms with Gasteiger partial charge in [0.15, 0.2) is 9.84 Å². The number of halogens is 1. The Balaban J connectivity index is 1.99. The fraction of sp³-hybridized carbons (Fsp3) is 0.444. The zero-order chi connectivity index (χ0) is 18.2. The van der Waals surface area contributed by atoms with Crippen LogP contribution in [0.1, 0.15) is 35.8 Å². The van der Waals surface area contributed by atoms with Gasteiger partial charge in [0.1, 0.15) is 0 Å². The number of fused-ring (bicyclic) bond motifs is 1. The number of pyridine rings is 1. The van der Waals surface area contributed by atoms with Crippen LogP contribution < -0.4 is 0 Å². The lowest BCUT2D eigenvalue weighted by molar-refractivity contribution is 0.0696. The van der Waals surface area contributed by atoms with E-state index in [0.29, 0.717) is 29.2 Å². The van der Waals surface area contributed by atoms with Crippen LogP contribution in [0.2, 0.25) is 5.02 Å². The Hall–Kier alpha value is -1.66. The van der Waals surface area contributed by atoms with Crippen LogP contribution in [0.15, 0.2) is 24.3 Å². The maximum Gasteiger partial charge on any atom is 0.255 e. The van der Waals surface area contributed by atoms with Crippen molar-refractivity contribution in [2.45, 2.75) is 32.7 Å². The summed E-state index contributed by atoms with van der Waals surface area (Å²) in [5.74, 6) is 0.0381. The highest BCUT2D eigenvalue weighted by Gasteiger charge is 2.35. The second kappa shape index (κ2) is 6.92. The number of sulfone groups is 1. The topological polar surface area (TPSA) is 67.3 Å². The van der Waals surface area contributed by atoms with Crippen LogP contribution in [0.4, 0.5) is 0 Å². The van der Waals surface area contributed by atoms with Gasteiger partial charge in [0.05, 0.1) is 28.3 Å². The SMILES string of the molecule is CCCN(C(=O)c1cc2cc(Cl)ccc2nc1C)C1CCS(=O)(=O)C1. The smallest absolute Gasteiger partial charge is 0.255 e. The normalized spacial score (nSPS) is 19.2. The van der Waals surface area contributed by atoms with Gasteiger partial charge in [-0.25, -0.2) is 8.42 Å². The summed E-state index contributed by atoms with van der Waals surface area (Å²) in [6.07, 6.45) is 1.27. The first-order chi connectivity index (χ1) is 11.8. The molecule has 1 atom stereocenters. The lowest BCUT2D eigenvalue weighted by Gasteiger charge is -2.28. The Morgan fingerprint density at radius 1 is 1.36 bits per heavy atom.